The molecule has 1 aliphatic carbocycles. The molecule has 3 nitrogen and oxygen atoms in total. The number of fused-ring (bicyclic) bond motifs is 7. The number of H-pyrrole nitrogens is 1. The summed E-state index contributed by atoms with van der Waals surface area (Å²) in [4.78, 5) is 5.65. The number of hydrogen-bond donors (Lipinski definition) is 2. The summed E-state index contributed by atoms with van der Waals surface area (Å²) >= 11 is 0. The number of aromatic nitrogens is 1. The van der Waals surface area contributed by atoms with Crippen LogP contribution in [-0.2, 0) is 6.42 Å². The highest BCUT2D eigenvalue weighted by molar-refractivity contribution is 5.86. The first kappa shape index (κ1) is 13.0. The highest BCUT2D eigenvalue weighted by atomic mass is 16.5. The van der Waals surface area contributed by atoms with Crippen molar-refractivity contribution in [1.82, 2.24) is 4.98 Å². The minimum absolute atomic E-state index is 0.729. The van der Waals surface area contributed by atoms with Gasteiger partial charge in [-0.25, -0.2) is 0 Å². The maximum absolute atomic E-state index is 5.44. The van der Waals surface area contributed by atoms with Gasteiger partial charge in [0.25, 0.3) is 0 Å². The van der Waals surface area contributed by atoms with Gasteiger partial charge in [-0.1, -0.05) is 12.8 Å². The molecule has 22 heavy (non-hydrogen) atoms. The summed E-state index contributed by atoms with van der Waals surface area (Å²) in [6.45, 7) is 2.72. The number of aromatic amines is 1. The Morgan fingerprint density at radius 2 is 2.14 bits per heavy atom. The molecule has 0 radical (unpaired) electrons. The van der Waals surface area contributed by atoms with E-state index >= 15 is 0 Å². The van der Waals surface area contributed by atoms with E-state index in [1.807, 2.05) is 4.90 Å². The van der Waals surface area contributed by atoms with Crippen LogP contribution in [0.5, 0.6) is 5.75 Å². The molecule has 0 amide bonds. The molecule has 1 aromatic carbocycles. The molecule has 2 aliphatic heterocycles. The largest absolute Gasteiger partial charge is 0.497 e. The molecule has 3 heterocycles. The first-order chi connectivity index (χ1) is 10.8. The predicted molar refractivity (Wildman–Crippen MR) is 87.4 cm³/mol. The summed E-state index contributed by atoms with van der Waals surface area (Å²) in [5.74, 6) is 2.87. The summed E-state index contributed by atoms with van der Waals surface area (Å²) in [7, 11) is 1.76. The van der Waals surface area contributed by atoms with Gasteiger partial charge in [0.15, 0.2) is 0 Å². The molecule has 2 aromatic rings. The Labute approximate surface area is 131 Å². The van der Waals surface area contributed by atoms with Gasteiger partial charge in [-0.05, 0) is 36.6 Å². The van der Waals surface area contributed by atoms with Crippen molar-refractivity contribution < 1.29 is 9.64 Å². The van der Waals surface area contributed by atoms with E-state index in [4.69, 9.17) is 4.74 Å². The molecule has 1 saturated heterocycles. The van der Waals surface area contributed by atoms with Crippen LogP contribution in [0, 0.1) is 11.8 Å². The number of hydrogen-bond acceptors (Lipinski definition) is 1. The third-order valence-electron chi connectivity index (χ3n) is 6.51. The first-order valence-electron chi connectivity index (χ1n) is 8.88. The maximum Gasteiger partial charge on any atom is 0.132 e. The van der Waals surface area contributed by atoms with Gasteiger partial charge < -0.3 is 14.6 Å². The molecule has 0 spiro atoms. The number of rotatable bonds is 1. The van der Waals surface area contributed by atoms with Gasteiger partial charge in [0.1, 0.15) is 11.8 Å². The van der Waals surface area contributed by atoms with E-state index in [1.54, 1.807) is 18.4 Å². The lowest BCUT2D eigenvalue weighted by Crippen LogP contribution is -3.11. The van der Waals surface area contributed by atoms with Crippen LogP contribution in [0.4, 0.5) is 0 Å². The Hall–Kier alpha value is -1.48. The zero-order chi connectivity index (χ0) is 14.7. The number of ether oxygens (including phenoxy) is 1. The Balaban J connectivity index is 1.64. The fourth-order valence-electron chi connectivity index (χ4n) is 5.57. The molecular formula is C19H25N2O+. The van der Waals surface area contributed by atoms with Crippen LogP contribution in [0.25, 0.3) is 10.9 Å². The van der Waals surface area contributed by atoms with Gasteiger partial charge in [0.05, 0.1) is 25.9 Å². The molecule has 116 valence electrons. The predicted octanol–water partition coefficient (Wildman–Crippen LogP) is 2.48. The minimum atomic E-state index is 0.729. The summed E-state index contributed by atoms with van der Waals surface area (Å²) < 4.78 is 5.44. The maximum atomic E-state index is 5.44. The Morgan fingerprint density at radius 3 is 3.05 bits per heavy atom. The van der Waals surface area contributed by atoms with Gasteiger partial charge in [-0.2, -0.15) is 0 Å². The third-order valence-corrected chi connectivity index (χ3v) is 6.51. The standard InChI is InChI=1S/C19H24N2O/c1-22-13-6-7-17-16(10-13)15-8-9-21-11-12-4-2-3-5-14(12)19(21)18(15)20-17/h6-7,10,12,14,19-20H,2-5,8-9,11H2,1H3/p+1/t12-,14+,19-/m1/s1. The number of quaternary nitrogens is 1. The quantitative estimate of drug-likeness (QED) is 0.832. The highest BCUT2D eigenvalue weighted by Gasteiger charge is 2.50. The molecule has 1 unspecified atom stereocenters. The monoisotopic (exact) mass is 297 g/mol. The molecule has 3 aliphatic rings. The summed E-state index contributed by atoms with van der Waals surface area (Å²) in [6.07, 6.45) is 7.02. The van der Waals surface area contributed by atoms with Crippen LogP contribution in [0.15, 0.2) is 18.2 Å². The fourth-order valence-corrected chi connectivity index (χ4v) is 5.57. The van der Waals surface area contributed by atoms with Crippen molar-refractivity contribution in [2.45, 2.75) is 38.1 Å². The smallest absolute Gasteiger partial charge is 0.132 e. The topological polar surface area (TPSA) is 29.5 Å². The molecule has 3 heteroatoms. The van der Waals surface area contributed by atoms with Crippen molar-refractivity contribution >= 4 is 10.9 Å². The number of nitrogens with one attached hydrogen (secondary N) is 2. The van der Waals surface area contributed by atoms with Crippen LogP contribution < -0.4 is 9.64 Å². The van der Waals surface area contributed by atoms with Gasteiger partial charge >= 0.3 is 0 Å². The van der Waals surface area contributed by atoms with Gasteiger partial charge in [-0.3, -0.25) is 0 Å². The summed E-state index contributed by atoms with van der Waals surface area (Å²) in [5, 5.41) is 1.40. The van der Waals surface area contributed by atoms with Crippen molar-refractivity contribution in [3.63, 3.8) is 0 Å². The molecule has 4 atom stereocenters. The lowest BCUT2D eigenvalue weighted by Gasteiger charge is -2.30. The van der Waals surface area contributed by atoms with Gasteiger partial charge in [0.2, 0.25) is 0 Å². The van der Waals surface area contributed by atoms with E-state index in [9.17, 15) is 0 Å². The lowest BCUT2D eigenvalue weighted by atomic mass is 9.77. The molecule has 5 rings (SSSR count). The summed E-state index contributed by atoms with van der Waals surface area (Å²) in [5.41, 5.74) is 4.43. The van der Waals surface area contributed by atoms with E-state index in [-0.39, 0.29) is 0 Å². The molecule has 2 fully saturated rings. The minimum Gasteiger partial charge on any atom is -0.497 e. The molecule has 1 aromatic heterocycles. The Bertz CT molecular complexity index is 720. The van der Waals surface area contributed by atoms with Crippen LogP contribution in [0.3, 0.4) is 0 Å². The zero-order valence-electron chi connectivity index (χ0n) is 13.3. The first-order valence-corrected chi connectivity index (χ1v) is 8.88. The van der Waals surface area contributed by atoms with E-state index in [0.29, 0.717) is 0 Å². The van der Waals surface area contributed by atoms with E-state index in [2.05, 4.69) is 23.2 Å². The second-order valence-corrected chi connectivity index (χ2v) is 7.48. The van der Waals surface area contributed by atoms with Crippen molar-refractivity contribution in [3.8, 4) is 5.75 Å². The van der Waals surface area contributed by atoms with Crippen LogP contribution in [0.2, 0.25) is 0 Å². The van der Waals surface area contributed by atoms with Crippen molar-refractivity contribution in [2.75, 3.05) is 20.2 Å². The molecule has 2 N–H and O–H groups in total. The average Bonchev–Trinajstić information content (AvgIpc) is 3.11. The SMILES string of the molecule is COc1ccc2[nH]c3c(c2c1)CC[NH+]1C[C@H]2CCCC[C@@H]2[C@H]31. The summed E-state index contributed by atoms with van der Waals surface area (Å²) in [6, 6.07) is 7.22. The Morgan fingerprint density at radius 1 is 1.23 bits per heavy atom. The van der Waals surface area contributed by atoms with Gasteiger partial charge in [0, 0.05) is 29.2 Å². The molecule has 1 saturated carbocycles. The highest BCUT2D eigenvalue weighted by Crippen LogP contribution is 2.43. The number of methoxy groups -OCH3 is 1. The lowest BCUT2D eigenvalue weighted by molar-refractivity contribution is -0.924. The van der Waals surface area contributed by atoms with Crippen LogP contribution in [0.1, 0.15) is 43.0 Å². The van der Waals surface area contributed by atoms with Crippen molar-refractivity contribution in [1.29, 1.82) is 0 Å². The van der Waals surface area contributed by atoms with Gasteiger partial charge in [-0.15, -0.1) is 0 Å². The van der Waals surface area contributed by atoms with Crippen LogP contribution in [-0.4, -0.2) is 25.2 Å². The normalized spacial score (nSPS) is 33.3. The third kappa shape index (κ3) is 1.72. The van der Waals surface area contributed by atoms with Crippen LogP contribution >= 0.6 is 0 Å². The number of benzene rings is 1. The zero-order valence-corrected chi connectivity index (χ0v) is 13.3. The van der Waals surface area contributed by atoms with Crippen molar-refractivity contribution in [3.05, 3.63) is 29.5 Å². The van der Waals surface area contributed by atoms with E-state index in [1.165, 1.54) is 56.1 Å². The van der Waals surface area contributed by atoms with Crippen molar-refractivity contribution in [2.24, 2.45) is 11.8 Å². The molecular weight excluding hydrogens is 272 g/mol. The second kappa shape index (κ2) is 4.76. The van der Waals surface area contributed by atoms with E-state index in [0.717, 1.165) is 23.6 Å². The average molecular weight is 297 g/mol. The second-order valence-electron chi connectivity index (χ2n) is 7.48. The fraction of sp³-hybridized carbons (Fsp3) is 0.579. The molecule has 0 bridgehead atoms. The van der Waals surface area contributed by atoms with E-state index < -0.39 is 0 Å². The Kier molecular flexibility index (Phi) is 2.81.